The molecule has 0 radical (unpaired) electrons. The minimum Gasteiger partial charge on any atom is -0.467 e. The lowest BCUT2D eigenvalue weighted by molar-refractivity contribution is 0.494. The number of nitrogens with zero attached hydrogens (tertiary/aromatic N) is 5. The number of rotatable bonds is 4. The maximum atomic E-state index is 12.9. The van der Waals surface area contributed by atoms with Gasteiger partial charge in [0.15, 0.2) is 11.2 Å². The van der Waals surface area contributed by atoms with Crippen LogP contribution in [0, 0.1) is 6.92 Å². The molecule has 4 aromatic heterocycles. The second-order valence-corrected chi connectivity index (χ2v) is 6.22. The van der Waals surface area contributed by atoms with Crippen LogP contribution in [0.25, 0.3) is 16.9 Å². The van der Waals surface area contributed by atoms with Crippen LogP contribution < -0.4 is 11.2 Å². The zero-order valence-electron chi connectivity index (χ0n) is 14.8. The average molecular weight is 353 g/mol. The van der Waals surface area contributed by atoms with Gasteiger partial charge in [-0.3, -0.25) is 18.3 Å². The molecule has 0 amide bonds. The molecule has 0 aliphatic rings. The topological polar surface area (TPSA) is 79.4 Å². The number of allylic oxidation sites excluding steroid dienone is 2. The molecule has 0 atom stereocenters. The van der Waals surface area contributed by atoms with Crippen LogP contribution in [0.2, 0.25) is 0 Å². The predicted molar refractivity (Wildman–Crippen MR) is 97.6 cm³/mol. The molecule has 0 saturated heterocycles. The van der Waals surface area contributed by atoms with Crippen molar-refractivity contribution in [3.63, 3.8) is 0 Å². The van der Waals surface area contributed by atoms with E-state index >= 15 is 0 Å². The van der Waals surface area contributed by atoms with Gasteiger partial charge in [-0.1, -0.05) is 12.2 Å². The summed E-state index contributed by atoms with van der Waals surface area (Å²) in [6, 6.07) is 3.72. The van der Waals surface area contributed by atoms with Crippen LogP contribution in [0.5, 0.6) is 0 Å². The highest BCUT2D eigenvalue weighted by molar-refractivity contribution is 5.75. The highest BCUT2D eigenvalue weighted by Gasteiger charge is 2.20. The Morgan fingerprint density at radius 3 is 2.77 bits per heavy atom. The second kappa shape index (κ2) is 5.91. The first-order valence-corrected chi connectivity index (χ1v) is 8.34. The molecule has 134 valence electrons. The molecule has 4 heterocycles. The Hall–Kier alpha value is -3.29. The van der Waals surface area contributed by atoms with Gasteiger partial charge in [-0.05, 0) is 26.0 Å². The number of fused-ring (bicyclic) bond motifs is 3. The van der Waals surface area contributed by atoms with E-state index in [1.807, 2.05) is 42.8 Å². The van der Waals surface area contributed by atoms with Crippen LogP contribution in [0.1, 0.15) is 18.4 Å². The van der Waals surface area contributed by atoms with Gasteiger partial charge >= 0.3 is 5.69 Å². The molecule has 0 N–H and O–H groups in total. The van der Waals surface area contributed by atoms with Crippen molar-refractivity contribution in [2.45, 2.75) is 26.9 Å². The monoisotopic (exact) mass is 353 g/mol. The number of hydrogen-bond acceptors (Lipinski definition) is 4. The van der Waals surface area contributed by atoms with Gasteiger partial charge in [-0.2, -0.15) is 4.98 Å². The zero-order chi connectivity index (χ0) is 18.4. The van der Waals surface area contributed by atoms with E-state index in [4.69, 9.17) is 4.42 Å². The van der Waals surface area contributed by atoms with Crippen molar-refractivity contribution in [3.05, 3.63) is 69.0 Å². The van der Waals surface area contributed by atoms with Crippen molar-refractivity contribution in [1.29, 1.82) is 0 Å². The summed E-state index contributed by atoms with van der Waals surface area (Å²) in [6.07, 6.45) is 7.07. The molecule has 0 fully saturated rings. The Labute approximate surface area is 148 Å². The standard InChI is InChI=1S/C18H19N5O3/c1-4-5-8-21-16(24)14-15(20(3)18(21)25)19-17-22(12(2)10-23(14)17)11-13-7-6-9-26-13/h4-7,9-10H,8,11H2,1-3H3/b5-4+. The Bertz CT molecular complexity index is 1250. The lowest BCUT2D eigenvalue weighted by Gasteiger charge is -2.05. The summed E-state index contributed by atoms with van der Waals surface area (Å²) in [5.74, 6) is 1.39. The molecule has 0 unspecified atom stereocenters. The summed E-state index contributed by atoms with van der Waals surface area (Å²) in [6.45, 7) is 4.53. The Morgan fingerprint density at radius 1 is 1.27 bits per heavy atom. The minimum atomic E-state index is -0.379. The molecule has 4 rings (SSSR count). The van der Waals surface area contributed by atoms with E-state index in [0.29, 0.717) is 23.5 Å². The fraction of sp³-hybridized carbons (Fsp3) is 0.278. The fourth-order valence-corrected chi connectivity index (χ4v) is 3.18. The van der Waals surface area contributed by atoms with E-state index in [-0.39, 0.29) is 17.8 Å². The maximum absolute atomic E-state index is 12.9. The molecular formula is C18H19N5O3. The first-order chi connectivity index (χ1) is 12.5. The van der Waals surface area contributed by atoms with Crippen molar-refractivity contribution in [2.24, 2.45) is 7.05 Å². The highest BCUT2D eigenvalue weighted by atomic mass is 16.3. The van der Waals surface area contributed by atoms with Crippen molar-refractivity contribution in [1.82, 2.24) is 23.1 Å². The van der Waals surface area contributed by atoms with E-state index in [1.165, 1.54) is 9.13 Å². The summed E-state index contributed by atoms with van der Waals surface area (Å²) in [5.41, 5.74) is 0.992. The van der Waals surface area contributed by atoms with Crippen LogP contribution in [-0.2, 0) is 20.1 Å². The molecule has 0 bridgehead atoms. The number of hydrogen-bond donors (Lipinski definition) is 0. The maximum Gasteiger partial charge on any atom is 0.332 e. The Kier molecular flexibility index (Phi) is 3.68. The third kappa shape index (κ3) is 2.26. The van der Waals surface area contributed by atoms with E-state index < -0.39 is 0 Å². The summed E-state index contributed by atoms with van der Waals surface area (Å²) >= 11 is 0. The molecule has 8 nitrogen and oxygen atoms in total. The normalized spacial score (nSPS) is 12.1. The van der Waals surface area contributed by atoms with Gasteiger partial charge in [0.1, 0.15) is 5.76 Å². The first-order valence-electron chi connectivity index (χ1n) is 8.34. The van der Waals surface area contributed by atoms with Gasteiger partial charge < -0.3 is 8.98 Å². The number of aromatic nitrogens is 5. The van der Waals surface area contributed by atoms with E-state index in [1.54, 1.807) is 23.8 Å². The van der Waals surface area contributed by atoms with Gasteiger partial charge in [0.25, 0.3) is 5.56 Å². The summed E-state index contributed by atoms with van der Waals surface area (Å²) in [5, 5.41) is 0. The average Bonchev–Trinajstić information content (AvgIpc) is 3.31. The number of aryl methyl sites for hydroxylation is 2. The second-order valence-electron chi connectivity index (χ2n) is 6.22. The molecule has 0 aliphatic heterocycles. The van der Waals surface area contributed by atoms with E-state index in [2.05, 4.69) is 4.98 Å². The van der Waals surface area contributed by atoms with Crippen LogP contribution in [-0.4, -0.2) is 23.1 Å². The van der Waals surface area contributed by atoms with Crippen molar-refractivity contribution < 1.29 is 4.42 Å². The van der Waals surface area contributed by atoms with Gasteiger partial charge in [0.05, 0.1) is 12.8 Å². The largest absolute Gasteiger partial charge is 0.467 e. The van der Waals surface area contributed by atoms with E-state index in [0.717, 1.165) is 11.5 Å². The van der Waals surface area contributed by atoms with Gasteiger partial charge in [0, 0.05) is 25.5 Å². The zero-order valence-corrected chi connectivity index (χ0v) is 14.8. The number of imidazole rings is 2. The summed E-state index contributed by atoms with van der Waals surface area (Å²) in [7, 11) is 1.63. The molecule has 26 heavy (non-hydrogen) atoms. The molecule has 4 aromatic rings. The molecule has 8 heteroatoms. The highest BCUT2D eigenvalue weighted by Crippen LogP contribution is 2.18. The number of furan rings is 1. The van der Waals surface area contributed by atoms with Crippen LogP contribution in [0.3, 0.4) is 0 Å². The smallest absolute Gasteiger partial charge is 0.332 e. The van der Waals surface area contributed by atoms with Gasteiger partial charge in [-0.15, -0.1) is 0 Å². The van der Waals surface area contributed by atoms with Crippen molar-refractivity contribution in [2.75, 3.05) is 0 Å². The summed E-state index contributed by atoms with van der Waals surface area (Å²) < 4.78 is 11.8. The lowest BCUT2D eigenvalue weighted by Crippen LogP contribution is -2.39. The Morgan fingerprint density at radius 2 is 2.08 bits per heavy atom. The van der Waals surface area contributed by atoms with Crippen molar-refractivity contribution >= 4 is 16.9 Å². The SMILES string of the molecule is C/C=C/Cn1c(=O)c2c(nc3n(Cc4ccco4)c(C)cn23)n(C)c1=O. The molecule has 0 aromatic carbocycles. The lowest BCUT2D eigenvalue weighted by atomic mass is 10.4. The van der Waals surface area contributed by atoms with E-state index in [9.17, 15) is 9.59 Å². The van der Waals surface area contributed by atoms with Crippen LogP contribution in [0.15, 0.2) is 50.8 Å². The summed E-state index contributed by atoms with van der Waals surface area (Å²) in [4.78, 5) is 30.1. The van der Waals surface area contributed by atoms with Crippen LogP contribution in [0.4, 0.5) is 0 Å². The third-order valence-corrected chi connectivity index (χ3v) is 4.56. The molecule has 0 spiro atoms. The van der Waals surface area contributed by atoms with Gasteiger partial charge in [-0.25, -0.2) is 4.79 Å². The van der Waals surface area contributed by atoms with Crippen molar-refractivity contribution in [3.8, 4) is 0 Å². The van der Waals surface area contributed by atoms with Crippen LogP contribution >= 0.6 is 0 Å². The molecule has 0 aliphatic carbocycles. The molecule has 0 saturated carbocycles. The van der Waals surface area contributed by atoms with Gasteiger partial charge in [0.2, 0.25) is 5.78 Å². The quantitative estimate of drug-likeness (QED) is 0.523. The predicted octanol–water partition coefficient (Wildman–Crippen LogP) is 1.68. The fourth-order valence-electron chi connectivity index (χ4n) is 3.18. The first kappa shape index (κ1) is 16.2. The minimum absolute atomic E-state index is 0.233. The third-order valence-electron chi connectivity index (χ3n) is 4.56. The Balaban J connectivity index is 2.03. The molecular weight excluding hydrogens is 334 g/mol.